The lowest BCUT2D eigenvalue weighted by Gasteiger charge is -2.33. The Morgan fingerprint density at radius 1 is 1.09 bits per heavy atom. The minimum absolute atomic E-state index is 0.133. The Bertz CT molecular complexity index is 590. The zero-order valence-corrected chi connectivity index (χ0v) is 13.2. The highest BCUT2D eigenvalue weighted by Gasteiger charge is 2.42. The van der Waals surface area contributed by atoms with Crippen LogP contribution in [-0.2, 0) is 6.18 Å². The fourth-order valence-corrected chi connectivity index (χ4v) is 2.86. The normalized spacial score (nSPS) is 17.4. The highest BCUT2D eigenvalue weighted by molar-refractivity contribution is 9.10. The Balaban J connectivity index is 2.16. The summed E-state index contributed by atoms with van der Waals surface area (Å²) in [6, 6.07) is 2.65. The molecule has 0 unspecified atom stereocenters. The molecule has 0 bridgehead atoms. The fourth-order valence-electron chi connectivity index (χ4n) is 2.45. The quantitative estimate of drug-likeness (QED) is 0.611. The number of carbonyl (C=O) groups excluding carboxylic acids is 1. The molecule has 0 spiro atoms. The van der Waals surface area contributed by atoms with Crippen LogP contribution in [0.15, 0.2) is 22.7 Å². The first-order valence-electron chi connectivity index (χ1n) is 6.73. The van der Waals surface area contributed by atoms with Crippen molar-refractivity contribution in [2.45, 2.75) is 25.2 Å². The molecular weight excluding hydrogens is 392 g/mol. The summed E-state index contributed by atoms with van der Waals surface area (Å²) in [5.41, 5.74) is -1.18. The molecule has 0 radical (unpaired) electrons. The van der Waals surface area contributed by atoms with Gasteiger partial charge in [-0.2, -0.15) is 26.3 Å². The van der Waals surface area contributed by atoms with Crippen molar-refractivity contribution in [3.05, 3.63) is 33.8 Å². The molecule has 1 aromatic carbocycles. The van der Waals surface area contributed by atoms with Crippen LogP contribution in [0, 0.1) is 5.92 Å². The fraction of sp³-hybridized carbons (Fsp3) is 0.500. The van der Waals surface area contributed by atoms with Crippen LogP contribution >= 0.6 is 15.9 Å². The van der Waals surface area contributed by atoms with Crippen molar-refractivity contribution in [1.82, 2.24) is 4.90 Å². The van der Waals surface area contributed by atoms with Gasteiger partial charge in [-0.15, -0.1) is 0 Å². The van der Waals surface area contributed by atoms with E-state index in [1.54, 1.807) is 0 Å². The van der Waals surface area contributed by atoms with Gasteiger partial charge in [0.1, 0.15) is 0 Å². The van der Waals surface area contributed by atoms with Gasteiger partial charge < -0.3 is 4.90 Å². The first-order valence-corrected chi connectivity index (χ1v) is 7.52. The second-order valence-electron chi connectivity index (χ2n) is 5.30. The van der Waals surface area contributed by atoms with Crippen molar-refractivity contribution >= 4 is 21.8 Å². The number of likely N-dealkylation sites (tertiary alicyclic amines) is 1. The molecule has 1 aromatic rings. The summed E-state index contributed by atoms with van der Waals surface area (Å²) in [6.07, 6.45) is -9.40. The van der Waals surface area contributed by atoms with E-state index in [1.165, 1.54) is 0 Å². The smallest absolute Gasteiger partial charge is 0.339 e. The molecule has 1 aliphatic rings. The number of hydrogen-bond acceptors (Lipinski definition) is 1. The molecular formula is C14H12BrF6NO. The predicted molar refractivity (Wildman–Crippen MR) is 73.8 cm³/mol. The second-order valence-corrected chi connectivity index (χ2v) is 6.15. The summed E-state index contributed by atoms with van der Waals surface area (Å²) in [5.74, 6) is -2.18. The van der Waals surface area contributed by atoms with Gasteiger partial charge in [-0.05, 0) is 47.0 Å². The number of amides is 1. The molecule has 2 nitrogen and oxygen atoms in total. The molecule has 1 fully saturated rings. The van der Waals surface area contributed by atoms with Crippen molar-refractivity contribution in [3.8, 4) is 0 Å². The van der Waals surface area contributed by atoms with Gasteiger partial charge in [-0.1, -0.05) is 0 Å². The summed E-state index contributed by atoms with van der Waals surface area (Å²) in [6.45, 7) is -0.266. The zero-order valence-electron chi connectivity index (χ0n) is 11.6. The predicted octanol–water partition coefficient (Wildman–Crippen LogP) is 4.88. The number of hydrogen-bond donors (Lipinski definition) is 0. The summed E-state index contributed by atoms with van der Waals surface area (Å²) in [5, 5.41) is 0. The van der Waals surface area contributed by atoms with Gasteiger partial charge in [0.05, 0.1) is 17.0 Å². The van der Waals surface area contributed by atoms with E-state index in [0.717, 1.165) is 17.0 Å². The molecule has 128 valence electrons. The Hall–Kier alpha value is -1.25. The van der Waals surface area contributed by atoms with Crippen molar-refractivity contribution < 1.29 is 31.1 Å². The van der Waals surface area contributed by atoms with E-state index in [0.29, 0.717) is 6.07 Å². The summed E-state index contributed by atoms with van der Waals surface area (Å²) in [4.78, 5) is 13.5. The molecule has 1 heterocycles. The molecule has 0 aromatic heterocycles. The van der Waals surface area contributed by atoms with E-state index in [9.17, 15) is 31.1 Å². The molecule has 2 rings (SSSR count). The third kappa shape index (κ3) is 4.19. The number of nitrogens with zero attached hydrogens (tertiary/aromatic N) is 1. The SMILES string of the molecule is O=C(c1cc(C(F)(F)F)ccc1Br)N1CCC(C(F)(F)F)CC1. The maximum Gasteiger partial charge on any atom is 0.416 e. The van der Waals surface area contributed by atoms with Crippen LogP contribution < -0.4 is 0 Å². The molecule has 0 atom stereocenters. The molecule has 1 amide bonds. The Labute approximate surface area is 136 Å². The summed E-state index contributed by atoms with van der Waals surface area (Å²) >= 11 is 3.01. The number of benzene rings is 1. The Morgan fingerprint density at radius 3 is 2.13 bits per heavy atom. The number of carbonyl (C=O) groups is 1. The number of piperidine rings is 1. The number of rotatable bonds is 1. The van der Waals surface area contributed by atoms with Crippen molar-refractivity contribution in [2.75, 3.05) is 13.1 Å². The average molecular weight is 404 g/mol. The minimum atomic E-state index is -4.60. The molecule has 23 heavy (non-hydrogen) atoms. The van der Waals surface area contributed by atoms with E-state index >= 15 is 0 Å². The van der Waals surface area contributed by atoms with Crippen LogP contribution in [0.5, 0.6) is 0 Å². The maximum absolute atomic E-state index is 12.7. The average Bonchev–Trinajstić information content (AvgIpc) is 2.45. The lowest BCUT2D eigenvalue weighted by Crippen LogP contribution is -2.42. The van der Waals surface area contributed by atoms with Gasteiger partial charge in [0, 0.05) is 17.6 Å². The third-order valence-corrected chi connectivity index (χ3v) is 4.46. The van der Waals surface area contributed by atoms with Crippen LogP contribution in [-0.4, -0.2) is 30.1 Å². The van der Waals surface area contributed by atoms with Crippen LogP contribution in [0.4, 0.5) is 26.3 Å². The minimum Gasteiger partial charge on any atom is -0.339 e. The number of halogens is 7. The van der Waals surface area contributed by atoms with E-state index in [4.69, 9.17) is 0 Å². The van der Waals surface area contributed by atoms with Crippen LogP contribution in [0.3, 0.4) is 0 Å². The van der Waals surface area contributed by atoms with Gasteiger partial charge in [0.15, 0.2) is 0 Å². The molecule has 9 heteroatoms. The van der Waals surface area contributed by atoms with Crippen LogP contribution in [0.1, 0.15) is 28.8 Å². The molecule has 1 saturated heterocycles. The van der Waals surface area contributed by atoms with Gasteiger partial charge in [-0.3, -0.25) is 4.79 Å². The van der Waals surface area contributed by atoms with Crippen molar-refractivity contribution in [3.63, 3.8) is 0 Å². The first-order chi connectivity index (χ1) is 10.5. The zero-order chi connectivity index (χ0) is 17.4. The van der Waals surface area contributed by atoms with E-state index in [2.05, 4.69) is 15.9 Å². The lowest BCUT2D eigenvalue weighted by atomic mass is 9.95. The lowest BCUT2D eigenvalue weighted by molar-refractivity contribution is -0.183. The van der Waals surface area contributed by atoms with Crippen molar-refractivity contribution in [1.29, 1.82) is 0 Å². The first kappa shape index (κ1) is 18.1. The van der Waals surface area contributed by atoms with E-state index < -0.39 is 29.7 Å². The van der Waals surface area contributed by atoms with Gasteiger partial charge >= 0.3 is 12.4 Å². The Kier molecular flexibility index (Phi) is 4.98. The Morgan fingerprint density at radius 2 is 1.65 bits per heavy atom. The largest absolute Gasteiger partial charge is 0.416 e. The van der Waals surface area contributed by atoms with E-state index in [-0.39, 0.29) is 36.0 Å². The third-order valence-electron chi connectivity index (χ3n) is 3.77. The van der Waals surface area contributed by atoms with Crippen LogP contribution in [0.25, 0.3) is 0 Å². The van der Waals surface area contributed by atoms with Crippen LogP contribution in [0.2, 0.25) is 0 Å². The molecule has 0 N–H and O–H groups in total. The molecule has 1 aliphatic heterocycles. The molecule has 0 saturated carbocycles. The standard InChI is InChI=1S/C14H12BrF6NO/c15-11-2-1-9(14(19,20)21)7-10(11)12(23)22-5-3-8(4-6-22)13(16,17)18/h1-2,7-8H,3-6H2. The summed E-state index contributed by atoms with van der Waals surface area (Å²) in [7, 11) is 0. The second kappa shape index (κ2) is 6.33. The number of alkyl halides is 6. The monoisotopic (exact) mass is 403 g/mol. The highest BCUT2D eigenvalue weighted by atomic mass is 79.9. The summed E-state index contributed by atoms with van der Waals surface area (Å²) < 4.78 is 76.2. The maximum atomic E-state index is 12.7. The van der Waals surface area contributed by atoms with Gasteiger partial charge in [0.25, 0.3) is 5.91 Å². The van der Waals surface area contributed by atoms with Crippen molar-refractivity contribution in [2.24, 2.45) is 5.92 Å². The van der Waals surface area contributed by atoms with E-state index in [1.807, 2.05) is 0 Å². The topological polar surface area (TPSA) is 20.3 Å². The molecule has 0 aliphatic carbocycles. The highest BCUT2D eigenvalue weighted by Crippen LogP contribution is 2.36. The van der Waals surface area contributed by atoms with Gasteiger partial charge in [-0.25, -0.2) is 0 Å². The van der Waals surface area contributed by atoms with Gasteiger partial charge in [0.2, 0.25) is 0 Å².